The van der Waals surface area contributed by atoms with Crippen LogP contribution >= 0.6 is 0 Å². The van der Waals surface area contributed by atoms with Gasteiger partial charge >= 0.3 is 0 Å². The standard InChI is InChI=1S/C10H19FO2/c1-3-8(2)9-6-13-5-4-10(9,11)7-12/h8-9,12H,3-7H2,1-2H3/t8?,9?,10-/m1/s1. The van der Waals surface area contributed by atoms with Crippen LogP contribution in [-0.2, 0) is 4.74 Å². The molecule has 0 spiro atoms. The van der Waals surface area contributed by atoms with Gasteiger partial charge in [-0.2, -0.15) is 0 Å². The van der Waals surface area contributed by atoms with E-state index in [1.54, 1.807) is 0 Å². The van der Waals surface area contributed by atoms with Crippen LogP contribution in [0.25, 0.3) is 0 Å². The third-order valence-electron chi connectivity index (χ3n) is 3.22. The van der Waals surface area contributed by atoms with Crippen LogP contribution in [0.3, 0.4) is 0 Å². The summed E-state index contributed by atoms with van der Waals surface area (Å²) in [7, 11) is 0. The zero-order valence-electron chi connectivity index (χ0n) is 8.42. The van der Waals surface area contributed by atoms with E-state index in [9.17, 15) is 4.39 Å². The molecule has 3 atom stereocenters. The minimum atomic E-state index is -1.41. The van der Waals surface area contributed by atoms with Gasteiger partial charge in [0, 0.05) is 18.9 Å². The van der Waals surface area contributed by atoms with E-state index in [1.807, 2.05) is 13.8 Å². The Labute approximate surface area is 79.1 Å². The third kappa shape index (κ3) is 2.20. The number of hydrogen-bond acceptors (Lipinski definition) is 2. The third-order valence-corrected chi connectivity index (χ3v) is 3.22. The highest BCUT2D eigenvalue weighted by Gasteiger charge is 2.43. The van der Waals surface area contributed by atoms with Gasteiger partial charge in [0.15, 0.2) is 0 Å². The molecule has 3 heteroatoms. The van der Waals surface area contributed by atoms with E-state index < -0.39 is 5.67 Å². The Balaban J connectivity index is 2.67. The Morgan fingerprint density at radius 2 is 2.38 bits per heavy atom. The van der Waals surface area contributed by atoms with Crippen molar-refractivity contribution < 1.29 is 14.2 Å². The summed E-state index contributed by atoms with van der Waals surface area (Å²) in [6, 6.07) is 0. The van der Waals surface area contributed by atoms with E-state index in [2.05, 4.69) is 0 Å². The van der Waals surface area contributed by atoms with Gasteiger partial charge in [-0.15, -0.1) is 0 Å². The molecule has 1 aliphatic rings. The van der Waals surface area contributed by atoms with E-state index in [-0.39, 0.29) is 18.4 Å². The van der Waals surface area contributed by atoms with Crippen molar-refractivity contribution in [2.75, 3.05) is 19.8 Å². The second kappa shape index (κ2) is 4.38. The average molecular weight is 190 g/mol. The van der Waals surface area contributed by atoms with E-state index in [1.165, 1.54) is 0 Å². The monoisotopic (exact) mass is 190 g/mol. The van der Waals surface area contributed by atoms with Gasteiger partial charge in [-0.05, 0) is 5.92 Å². The highest BCUT2D eigenvalue weighted by molar-refractivity contribution is 4.91. The Morgan fingerprint density at radius 1 is 1.69 bits per heavy atom. The van der Waals surface area contributed by atoms with Gasteiger partial charge in [0.05, 0.1) is 13.2 Å². The summed E-state index contributed by atoms with van der Waals surface area (Å²) in [5.74, 6) is 0.133. The van der Waals surface area contributed by atoms with Gasteiger partial charge in [0.1, 0.15) is 5.67 Å². The zero-order chi connectivity index (χ0) is 9.90. The van der Waals surface area contributed by atoms with Crippen molar-refractivity contribution >= 4 is 0 Å². The first kappa shape index (κ1) is 10.9. The molecule has 0 aliphatic carbocycles. The fraction of sp³-hybridized carbons (Fsp3) is 1.00. The number of ether oxygens (including phenoxy) is 1. The summed E-state index contributed by atoms with van der Waals surface area (Å²) in [4.78, 5) is 0. The first-order valence-electron chi connectivity index (χ1n) is 5.01. The van der Waals surface area contributed by atoms with Crippen molar-refractivity contribution in [1.82, 2.24) is 0 Å². The Bertz CT molecular complexity index is 163. The summed E-state index contributed by atoms with van der Waals surface area (Å²) >= 11 is 0. The molecule has 0 aromatic rings. The number of alkyl halides is 1. The smallest absolute Gasteiger partial charge is 0.141 e. The molecule has 1 heterocycles. The highest BCUT2D eigenvalue weighted by Crippen LogP contribution is 2.36. The average Bonchev–Trinajstić information content (AvgIpc) is 2.17. The van der Waals surface area contributed by atoms with E-state index >= 15 is 0 Å². The van der Waals surface area contributed by atoms with Crippen LogP contribution < -0.4 is 0 Å². The molecule has 1 aliphatic heterocycles. The molecule has 2 nitrogen and oxygen atoms in total. The lowest BCUT2D eigenvalue weighted by Gasteiger charge is -2.39. The van der Waals surface area contributed by atoms with Crippen LogP contribution in [0.15, 0.2) is 0 Å². The first-order valence-corrected chi connectivity index (χ1v) is 5.01. The van der Waals surface area contributed by atoms with Crippen molar-refractivity contribution in [2.45, 2.75) is 32.4 Å². The molecule has 78 valence electrons. The van der Waals surface area contributed by atoms with E-state index in [0.29, 0.717) is 19.6 Å². The fourth-order valence-electron chi connectivity index (χ4n) is 1.94. The van der Waals surface area contributed by atoms with Crippen molar-refractivity contribution in [2.24, 2.45) is 11.8 Å². The summed E-state index contributed by atoms with van der Waals surface area (Å²) in [6.07, 6.45) is 1.26. The molecular weight excluding hydrogens is 171 g/mol. The topological polar surface area (TPSA) is 29.5 Å². The van der Waals surface area contributed by atoms with E-state index in [0.717, 1.165) is 6.42 Å². The fourth-order valence-corrected chi connectivity index (χ4v) is 1.94. The molecule has 0 aromatic heterocycles. The maximum Gasteiger partial charge on any atom is 0.141 e. The van der Waals surface area contributed by atoms with Crippen molar-refractivity contribution in [3.63, 3.8) is 0 Å². The van der Waals surface area contributed by atoms with E-state index in [4.69, 9.17) is 9.84 Å². The molecule has 1 N–H and O–H groups in total. The molecule has 0 aromatic carbocycles. The van der Waals surface area contributed by atoms with Gasteiger partial charge in [-0.25, -0.2) is 4.39 Å². The zero-order valence-corrected chi connectivity index (χ0v) is 8.42. The molecule has 1 saturated heterocycles. The molecule has 0 amide bonds. The quantitative estimate of drug-likeness (QED) is 0.735. The Kier molecular flexibility index (Phi) is 3.68. The lowest BCUT2D eigenvalue weighted by Crippen LogP contribution is -2.47. The molecule has 13 heavy (non-hydrogen) atoms. The van der Waals surface area contributed by atoms with Crippen LogP contribution in [0.5, 0.6) is 0 Å². The predicted octanol–water partition coefficient (Wildman–Crippen LogP) is 1.77. The number of aliphatic hydroxyl groups excluding tert-OH is 1. The molecule has 0 radical (unpaired) electrons. The molecular formula is C10H19FO2. The minimum absolute atomic E-state index is 0.142. The van der Waals surface area contributed by atoms with Crippen molar-refractivity contribution in [3.05, 3.63) is 0 Å². The first-order chi connectivity index (χ1) is 6.14. The van der Waals surface area contributed by atoms with Crippen molar-refractivity contribution in [3.8, 4) is 0 Å². The molecule has 2 unspecified atom stereocenters. The molecule has 1 rings (SSSR count). The lowest BCUT2D eigenvalue weighted by atomic mass is 9.77. The SMILES string of the molecule is CCC(C)C1COCC[C@@]1(F)CO. The number of hydrogen-bond donors (Lipinski definition) is 1. The van der Waals surface area contributed by atoms with Crippen molar-refractivity contribution in [1.29, 1.82) is 0 Å². The molecule has 0 saturated carbocycles. The van der Waals surface area contributed by atoms with Gasteiger partial charge in [0.25, 0.3) is 0 Å². The predicted molar refractivity (Wildman–Crippen MR) is 49.3 cm³/mol. The van der Waals surface area contributed by atoms with Gasteiger partial charge in [-0.1, -0.05) is 20.3 Å². The maximum absolute atomic E-state index is 14.1. The Morgan fingerprint density at radius 3 is 2.92 bits per heavy atom. The van der Waals surface area contributed by atoms with Crippen LogP contribution in [0.2, 0.25) is 0 Å². The maximum atomic E-state index is 14.1. The van der Waals surface area contributed by atoms with Crippen LogP contribution in [0.1, 0.15) is 26.7 Å². The molecule has 1 fully saturated rings. The normalized spacial score (nSPS) is 37.4. The molecule has 0 bridgehead atoms. The van der Waals surface area contributed by atoms with Crippen LogP contribution in [-0.4, -0.2) is 30.6 Å². The number of rotatable bonds is 3. The second-order valence-electron chi connectivity index (χ2n) is 4.01. The Hall–Kier alpha value is -0.150. The summed E-state index contributed by atoms with van der Waals surface area (Å²) in [6.45, 7) is 4.57. The summed E-state index contributed by atoms with van der Waals surface area (Å²) < 4.78 is 19.3. The van der Waals surface area contributed by atoms with Gasteiger partial charge in [-0.3, -0.25) is 0 Å². The highest BCUT2D eigenvalue weighted by atomic mass is 19.1. The van der Waals surface area contributed by atoms with Crippen LogP contribution in [0, 0.1) is 11.8 Å². The number of aliphatic hydroxyl groups is 1. The largest absolute Gasteiger partial charge is 0.393 e. The summed E-state index contributed by atoms with van der Waals surface area (Å²) in [5.41, 5.74) is -1.41. The second-order valence-corrected chi connectivity index (χ2v) is 4.01. The minimum Gasteiger partial charge on any atom is -0.393 e. The summed E-state index contributed by atoms with van der Waals surface area (Å²) in [5, 5.41) is 9.03. The lowest BCUT2D eigenvalue weighted by molar-refractivity contribution is -0.105. The van der Waals surface area contributed by atoms with Gasteiger partial charge < -0.3 is 9.84 Å². The van der Waals surface area contributed by atoms with Crippen LogP contribution in [0.4, 0.5) is 4.39 Å². The number of halogens is 1. The van der Waals surface area contributed by atoms with Gasteiger partial charge in [0.2, 0.25) is 0 Å².